The van der Waals surface area contributed by atoms with E-state index in [-0.39, 0.29) is 37.4 Å². The molecule has 2 saturated heterocycles. The fourth-order valence-electron chi connectivity index (χ4n) is 3.20. The number of anilines is 1. The Morgan fingerprint density at radius 3 is 2.38 bits per heavy atom. The first-order chi connectivity index (χ1) is 12.4. The van der Waals surface area contributed by atoms with Gasteiger partial charge in [-0.25, -0.2) is 9.40 Å². The number of halogens is 1. The average Bonchev–Trinajstić information content (AvgIpc) is 2.61. The van der Waals surface area contributed by atoms with Crippen LogP contribution in [-0.2, 0) is 14.4 Å². The standard InChI is InChI=1S/C17H22FN5O3/c1-20-6-8-21(9-7-20)10-15(24)19-23-12-16(25)22(11-17(23)26)14-4-2-13(18)3-5-14/h2-5H,6-12H2,1H3,(H,19,24)/p+2. The van der Waals surface area contributed by atoms with E-state index in [2.05, 4.69) is 12.5 Å². The number of nitrogens with zero attached hydrogens (tertiary/aromatic N) is 2. The number of quaternary nitrogens is 2. The molecule has 26 heavy (non-hydrogen) atoms. The quantitative estimate of drug-likeness (QED) is 0.517. The van der Waals surface area contributed by atoms with Crippen molar-refractivity contribution < 1.29 is 28.6 Å². The molecule has 0 saturated carbocycles. The maximum atomic E-state index is 13.0. The molecule has 2 heterocycles. The zero-order chi connectivity index (χ0) is 18.7. The molecule has 0 unspecified atom stereocenters. The van der Waals surface area contributed by atoms with Gasteiger partial charge >= 0.3 is 0 Å². The zero-order valence-electron chi connectivity index (χ0n) is 14.8. The van der Waals surface area contributed by atoms with Gasteiger partial charge in [0, 0.05) is 5.69 Å². The summed E-state index contributed by atoms with van der Waals surface area (Å²) in [6, 6.07) is 5.38. The van der Waals surface area contributed by atoms with E-state index in [4.69, 9.17) is 0 Å². The normalized spacial score (nSPS) is 23.9. The van der Waals surface area contributed by atoms with Crippen LogP contribution in [0.4, 0.5) is 10.1 Å². The van der Waals surface area contributed by atoms with E-state index in [0.29, 0.717) is 5.69 Å². The summed E-state index contributed by atoms with van der Waals surface area (Å²) in [4.78, 5) is 40.7. The van der Waals surface area contributed by atoms with Crippen molar-refractivity contribution in [2.45, 2.75) is 0 Å². The lowest BCUT2D eigenvalue weighted by molar-refractivity contribution is -1.000. The molecule has 2 aliphatic rings. The topological polar surface area (TPSA) is 78.6 Å². The number of carbonyl (C=O) groups excluding carboxylic acids is 3. The van der Waals surface area contributed by atoms with E-state index in [0.717, 1.165) is 31.2 Å². The Balaban J connectivity index is 1.54. The molecule has 140 valence electrons. The molecule has 0 atom stereocenters. The molecule has 0 aromatic heterocycles. The highest BCUT2D eigenvalue weighted by molar-refractivity contribution is 6.04. The van der Waals surface area contributed by atoms with Crippen LogP contribution in [-0.4, -0.2) is 75.6 Å². The predicted octanol–water partition coefficient (Wildman–Crippen LogP) is -3.55. The maximum absolute atomic E-state index is 13.0. The van der Waals surface area contributed by atoms with Gasteiger partial charge in [0.05, 0.1) is 7.05 Å². The van der Waals surface area contributed by atoms with Crippen LogP contribution in [0.1, 0.15) is 0 Å². The summed E-state index contributed by atoms with van der Waals surface area (Å²) >= 11 is 0. The van der Waals surface area contributed by atoms with Crippen LogP contribution >= 0.6 is 0 Å². The van der Waals surface area contributed by atoms with E-state index in [1.165, 1.54) is 39.0 Å². The Morgan fingerprint density at radius 2 is 1.73 bits per heavy atom. The second-order valence-corrected chi connectivity index (χ2v) is 6.86. The molecule has 0 spiro atoms. The molecular weight excluding hydrogens is 341 g/mol. The van der Waals surface area contributed by atoms with Crippen LogP contribution in [0.15, 0.2) is 24.3 Å². The third-order valence-electron chi connectivity index (χ3n) is 4.81. The van der Waals surface area contributed by atoms with Crippen molar-refractivity contribution in [2.24, 2.45) is 0 Å². The van der Waals surface area contributed by atoms with Crippen LogP contribution < -0.4 is 20.1 Å². The van der Waals surface area contributed by atoms with E-state index in [9.17, 15) is 18.8 Å². The average molecular weight is 365 g/mol. The molecule has 3 N–H and O–H groups in total. The number of nitrogens with one attached hydrogen (secondary N) is 3. The van der Waals surface area contributed by atoms with E-state index < -0.39 is 5.82 Å². The van der Waals surface area contributed by atoms with E-state index >= 15 is 0 Å². The lowest BCUT2D eigenvalue weighted by Crippen LogP contribution is -3.27. The van der Waals surface area contributed by atoms with Gasteiger partial charge in [-0.3, -0.25) is 19.8 Å². The predicted molar refractivity (Wildman–Crippen MR) is 90.8 cm³/mol. The Morgan fingerprint density at radius 1 is 1.08 bits per heavy atom. The second kappa shape index (κ2) is 7.79. The van der Waals surface area contributed by atoms with Gasteiger partial charge in [0.15, 0.2) is 6.54 Å². The number of hydrazine groups is 1. The summed E-state index contributed by atoms with van der Waals surface area (Å²) in [6.07, 6.45) is 0. The Labute approximate surface area is 151 Å². The van der Waals surface area contributed by atoms with Gasteiger partial charge in [-0.1, -0.05) is 0 Å². The van der Waals surface area contributed by atoms with Crippen molar-refractivity contribution in [1.29, 1.82) is 0 Å². The zero-order valence-corrected chi connectivity index (χ0v) is 14.8. The molecule has 2 aliphatic heterocycles. The van der Waals surface area contributed by atoms with Crippen molar-refractivity contribution >= 4 is 23.4 Å². The van der Waals surface area contributed by atoms with Gasteiger partial charge in [-0.2, -0.15) is 0 Å². The van der Waals surface area contributed by atoms with Crippen molar-refractivity contribution in [3.63, 3.8) is 0 Å². The molecule has 0 radical (unpaired) electrons. The van der Waals surface area contributed by atoms with Crippen LogP contribution in [0.25, 0.3) is 0 Å². The number of hydrogen-bond acceptors (Lipinski definition) is 3. The molecular formula is C17H24FN5O3+2. The lowest BCUT2D eigenvalue weighted by atomic mass is 10.2. The van der Waals surface area contributed by atoms with Gasteiger partial charge in [0.2, 0.25) is 5.91 Å². The molecule has 8 nitrogen and oxygen atoms in total. The first-order valence-electron chi connectivity index (χ1n) is 8.73. The summed E-state index contributed by atoms with van der Waals surface area (Å²) in [6.45, 7) is 3.70. The minimum absolute atomic E-state index is 0.185. The fraction of sp³-hybridized carbons (Fsp3) is 0.471. The monoisotopic (exact) mass is 365 g/mol. The summed E-state index contributed by atoms with van der Waals surface area (Å²) in [7, 11) is 2.13. The molecule has 9 heteroatoms. The minimum atomic E-state index is -0.411. The highest BCUT2D eigenvalue weighted by Crippen LogP contribution is 2.17. The first-order valence-corrected chi connectivity index (χ1v) is 8.73. The number of rotatable bonds is 4. The third-order valence-corrected chi connectivity index (χ3v) is 4.81. The molecule has 0 aliphatic carbocycles. The smallest absolute Gasteiger partial charge is 0.293 e. The van der Waals surface area contributed by atoms with Crippen LogP contribution in [0.5, 0.6) is 0 Å². The summed E-state index contributed by atoms with van der Waals surface area (Å²) < 4.78 is 13.0. The second-order valence-electron chi connectivity index (χ2n) is 6.86. The molecule has 1 aromatic carbocycles. The summed E-state index contributed by atoms with van der Waals surface area (Å²) in [5.74, 6) is -1.38. The highest BCUT2D eigenvalue weighted by atomic mass is 19.1. The van der Waals surface area contributed by atoms with Crippen molar-refractivity contribution in [1.82, 2.24) is 10.4 Å². The summed E-state index contributed by atoms with van der Waals surface area (Å²) in [5, 5.41) is 1.07. The van der Waals surface area contributed by atoms with Gasteiger partial charge in [0.25, 0.3) is 11.8 Å². The van der Waals surface area contributed by atoms with Gasteiger partial charge < -0.3 is 14.7 Å². The molecule has 2 fully saturated rings. The van der Waals surface area contributed by atoms with Crippen molar-refractivity contribution in [2.75, 3.05) is 57.8 Å². The minimum Gasteiger partial charge on any atom is -0.328 e. The Hall–Kier alpha value is -2.52. The van der Waals surface area contributed by atoms with Crippen LogP contribution in [0.3, 0.4) is 0 Å². The van der Waals surface area contributed by atoms with Crippen LogP contribution in [0.2, 0.25) is 0 Å². The highest BCUT2D eigenvalue weighted by Gasteiger charge is 2.33. The summed E-state index contributed by atoms with van der Waals surface area (Å²) in [5.41, 5.74) is 3.01. The Bertz CT molecular complexity index is 688. The van der Waals surface area contributed by atoms with Crippen molar-refractivity contribution in [3.8, 4) is 0 Å². The number of benzene rings is 1. The largest absolute Gasteiger partial charge is 0.328 e. The molecule has 1 aromatic rings. The number of carbonyl (C=O) groups is 3. The molecule has 3 rings (SSSR count). The van der Waals surface area contributed by atoms with Gasteiger partial charge in [-0.05, 0) is 24.3 Å². The van der Waals surface area contributed by atoms with E-state index in [1.807, 2.05) is 0 Å². The number of hydrogen-bond donors (Lipinski definition) is 3. The SMILES string of the molecule is C[NH+]1CC[NH+](CC(=O)NN2CC(=O)N(c3ccc(F)cc3)CC2=O)CC1. The first kappa shape index (κ1) is 18.3. The van der Waals surface area contributed by atoms with E-state index in [1.54, 1.807) is 0 Å². The molecule has 3 amide bonds. The maximum Gasteiger partial charge on any atom is 0.293 e. The number of piperazine rings is 2. The molecule has 0 bridgehead atoms. The lowest BCUT2D eigenvalue weighted by Gasteiger charge is -2.34. The van der Waals surface area contributed by atoms with Crippen LogP contribution in [0, 0.1) is 5.82 Å². The number of likely N-dealkylation sites (N-methyl/N-ethyl adjacent to an activating group) is 1. The van der Waals surface area contributed by atoms with Crippen molar-refractivity contribution in [3.05, 3.63) is 30.1 Å². The third kappa shape index (κ3) is 4.36. The fourth-order valence-corrected chi connectivity index (χ4v) is 3.20. The van der Waals surface area contributed by atoms with Gasteiger partial charge in [-0.15, -0.1) is 0 Å². The number of amides is 3. The van der Waals surface area contributed by atoms with Gasteiger partial charge in [0.1, 0.15) is 45.1 Å². The Kier molecular flexibility index (Phi) is 5.48.